The Morgan fingerprint density at radius 2 is 2.09 bits per heavy atom. The summed E-state index contributed by atoms with van der Waals surface area (Å²) in [5.74, 6) is 0.858. The Labute approximate surface area is 136 Å². The summed E-state index contributed by atoms with van der Waals surface area (Å²) in [7, 11) is 3.49. The molecule has 0 bridgehead atoms. The molecule has 1 N–H and O–H groups in total. The van der Waals surface area contributed by atoms with Crippen molar-refractivity contribution in [3.63, 3.8) is 0 Å². The van der Waals surface area contributed by atoms with Crippen LogP contribution in [-0.2, 0) is 7.05 Å². The van der Waals surface area contributed by atoms with Crippen LogP contribution in [0.2, 0.25) is 0 Å². The smallest absolute Gasteiger partial charge is 0.257 e. The number of carbonyl (C=O) groups is 1. The molecule has 0 saturated carbocycles. The average Bonchev–Trinajstić information content (AvgIpc) is 2.92. The molecular formula is C17H22N4O2. The highest BCUT2D eigenvalue weighted by Crippen LogP contribution is 2.26. The Morgan fingerprint density at radius 1 is 1.35 bits per heavy atom. The number of piperazine rings is 1. The van der Waals surface area contributed by atoms with E-state index in [-0.39, 0.29) is 11.9 Å². The van der Waals surface area contributed by atoms with E-state index >= 15 is 0 Å². The summed E-state index contributed by atoms with van der Waals surface area (Å²) in [5.41, 5.74) is 2.55. The van der Waals surface area contributed by atoms with Crippen LogP contribution >= 0.6 is 0 Å². The number of nitrogens with zero attached hydrogens (tertiary/aromatic N) is 3. The average molecular weight is 314 g/mol. The molecule has 1 aromatic heterocycles. The van der Waals surface area contributed by atoms with Gasteiger partial charge in [-0.2, -0.15) is 5.10 Å². The third-order valence-corrected chi connectivity index (χ3v) is 4.25. The van der Waals surface area contributed by atoms with Crippen molar-refractivity contribution in [3.8, 4) is 5.75 Å². The fourth-order valence-electron chi connectivity index (χ4n) is 3.04. The molecule has 1 aromatic carbocycles. The van der Waals surface area contributed by atoms with Crippen molar-refractivity contribution in [2.75, 3.05) is 26.7 Å². The fraction of sp³-hybridized carbons (Fsp3) is 0.412. The first kappa shape index (κ1) is 15.6. The van der Waals surface area contributed by atoms with Crippen LogP contribution in [-0.4, -0.2) is 47.3 Å². The van der Waals surface area contributed by atoms with Gasteiger partial charge in [-0.15, -0.1) is 0 Å². The number of hydrogen-bond donors (Lipinski definition) is 1. The summed E-state index contributed by atoms with van der Waals surface area (Å²) in [4.78, 5) is 14.9. The Balaban J connectivity index is 1.88. The van der Waals surface area contributed by atoms with Gasteiger partial charge in [0, 0.05) is 32.9 Å². The van der Waals surface area contributed by atoms with E-state index in [2.05, 4.69) is 10.4 Å². The molecule has 3 rings (SSSR count). The number of hydrogen-bond acceptors (Lipinski definition) is 4. The van der Waals surface area contributed by atoms with Crippen LogP contribution in [0, 0.1) is 6.92 Å². The molecule has 6 nitrogen and oxygen atoms in total. The van der Waals surface area contributed by atoms with Gasteiger partial charge in [0.05, 0.1) is 24.4 Å². The molecule has 0 spiro atoms. The van der Waals surface area contributed by atoms with Gasteiger partial charge >= 0.3 is 0 Å². The van der Waals surface area contributed by atoms with Gasteiger partial charge in [0.15, 0.2) is 0 Å². The minimum atomic E-state index is 0.0155. The monoisotopic (exact) mass is 314 g/mol. The van der Waals surface area contributed by atoms with Gasteiger partial charge in [0.25, 0.3) is 5.91 Å². The van der Waals surface area contributed by atoms with Gasteiger partial charge in [-0.3, -0.25) is 9.48 Å². The first-order valence-corrected chi connectivity index (χ1v) is 7.76. The van der Waals surface area contributed by atoms with Crippen LogP contribution in [0.5, 0.6) is 5.75 Å². The Morgan fingerprint density at radius 3 is 2.70 bits per heavy atom. The SMILES string of the molecule is COc1ccc([C@@H]2CNCCN2C(=O)c2cn(C)nc2C)cc1. The summed E-state index contributed by atoms with van der Waals surface area (Å²) < 4.78 is 6.90. The molecule has 0 aliphatic carbocycles. The zero-order chi connectivity index (χ0) is 16.4. The maximum absolute atomic E-state index is 13.0. The van der Waals surface area contributed by atoms with Crippen molar-refractivity contribution >= 4 is 5.91 Å². The number of nitrogens with one attached hydrogen (secondary N) is 1. The highest BCUT2D eigenvalue weighted by atomic mass is 16.5. The van der Waals surface area contributed by atoms with E-state index in [0.717, 1.165) is 30.1 Å². The van der Waals surface area contributed by atoms with Crippen LogP contribution in [0.25, 0.3) is 0 Å². The van der Waals surface area contributed by atoms with Crippen molar-refractivity contribution in [1.82, 2.24) is 20.0 Å². The van der Waals surface area contributed by atoms with E-state index < -0.39 is 0 Å². The number of benzene rings is 1. The largest absolute Gasteiger partial charge is 0.497 e. The minimum absolute atomic E-state index is 0.0155. The van der Waals surface area contributed by atoms with E-state index in [4.69, 9.17) is 4.74 Å². The van der Waals surface area contributed by atoms with Gasteiger partial charge in [-0.25, -0.2) is 0 Å². The van der Waals surface area contributed by atoms with Gasteiger partial charge in [-0.1, -0.05) is 12.1 Å². The molecule has 1 fully saturated rings. The van der Waals surface area contributed by atoms with Crippen LogP contribution in [0.3, 0.4) is 0 Å². The standard InChI is InChI=1S/C17H22N4O2/c1-12-15(11-20(2)19-12)17(22)21-9-8-18-10-16(21)13-4-6-14(23-3)7-5-13/h4-7,11,16,18H,8-10H2,1-3H3/t16-/m0/s1. The number of carbonyl (C=O) groups excluding carboxylic acids is 1. The number of amides is 1. The lowest BCUT2D eigenvalue weighted by molar-refractivity contribution is 0.0633. The number of ether oxygens (including phenoxy) is 1. The number of rotatable bonds is 3. The molecule has 1 aliphatic heterocycles. The second kappa shape index (κ2) is 6.42. The third kappa shape index (κ3) is 3.07. The molecule has 1 saturated heterocycles. The minimum Gasteiger partial charge on any atom is -0.497 e. The molecular weight excluding hydrogens is 292 g/mol. The maximum atomic E-state index is 13.0. The molecule has 0 radical (unpaired) electrons. The molecule has 23 heavy (non-hydrogen) atoms. The number of aromatic nitrogens is 2. The van der Waals surface area contributed by atoms with Crippen LogP contribution in [0.15, 0.2) is 30.5 Å². The van der Waals surface area contributed by atoms with Crippen molar-refractivity contribution in [3.05, 3.63) is 47.3 Å². The van der Waals surface area contributed by atoms with Crippen LogP contribution in [0.4, 0.5) is 0 Å². The zero-order valence-electron chi connectivity index (χ0n) is 13.7. The Bertz CT molecular complexity index is 693. The second-order valence-corrected chi connectivity index (χ2v) is 5.79. The van der Waals surface area contributed by atoms with E-state index in [1.807, 2.05) is 43.1 Å². The Kier molecular flexibility index (Phi) is 4.34. The van der Waals surface area contributed by atoms with Crippen molar-refractivity contribution in [1.29, 1.82) is 0 Å². The highest BCUT2D eigenvalue weighted by Gasteiger charge is 2.30. The number of aryl methyl sites for hydroxylation is 2. The first-order valence-electron chi connectivity index (χ1n) is 7.76. The van der Waals surface area contributed by atoms with E-state index in [1.54, 1.807) is 18.0 Å². The quantitative estimate of drug-likeness (QED) is 0.933. The zero-order valence-corrected chi connectivity index (χ0v) is 13.7. The van der Waals surface area contributed by atoms with E-state index in [9.17, 15) is 4.79 Å². The lowest BCUT2D eigenvalue weighted by atomic mass is 10.0. The fourth-order valence-corrected chi connectivity index (χ4v) is 3.04. The van der Waals surface area contributed by atoms with Gasteiger partial charge < -0.3 is 15.0 Å². The van der Waals surface area contributed by atoms with E-state index in [1.165, 1.54) is 0 Å². The lowest BCUT2D eigenvalue weighted by Crippen LogP contribution is -2.48. The summed E-state index contributed by atoms with van der Waals surface area (Å²) in [5, 5.41) is 7.66. The molecule has 1 aliphatic rings. The molecule has 2 aromatic rings. The molecule has 1 amide bonds. The summed E-state index contributed by atoms with van der Waals surface area (Å²) in [6, 6.07) is 7.92. The van der Waals surface area contributed by atoms with Crippen LogP contribution < -0.4 is 10.1 Å². The molecule has 1 atom stereocenters. The molecule has 6 heteroatoms. The molecule has 0 unspecified atom stereocenters. The van der Waals surface area contributed by atoms with Crippen molar-refractivity contribution < 1.29 is 9.53 Å². The van der Waals surface area contributed by atoms with Crippen LogP contribution in [0.1, 0.15) is 27.7 Å². The second-order valence-electron chi connectivity index (χ2n) is 5.79. The van der Waals surface area contributed by atoms with Crippen molar-refractivity contribution in [2.24, 2.45) is 7.05 Å². The van der Waals surface area contributed by atoms with Gasteiger partial charge in [0.2, 0.25) is 0 Å². The van der Waals surface area contributed by atoms with E-state index in [0.29, 0.717) is 12.1 Å². The first-order chi connectivity index (χ1) is 11.1. The lowest BCUT2D eigenvalue weighted by Gasteiger charge is -2.36. The van der Waals surface area contributed by atoms with Gasteiger partial charge in [0.1, 0.15) is 5.75 Å². The van der Waals surface area contributed by atoms with Gasteiger partial charge in [-0.05, 0) is 24.6 Å². The predicted octanol–water partition coefficient (Wildman–Crippen LogP) is 1.52. The summed E-state index contributed by atoms with van der Waals surface area (Å²) in [6.45, 7) is 4.11. The number of methoxy groups -OCH3 is 1. The topological polar surface area (TPSA) is 59.4 Å². The normalized spacial score (nSPS) is 18.0. The maximum Gasteiger partial charge on any atom is 0.257 e. The predicted molar refractivity (Wildman–Crippen MR) is 87.6 cm³/mol. The van der Waals surface area contributed by atoms with Crippen molar-refractivity contribution in [2.45, 2.75) is 13.0 Å². The third-order valence-electron chi connectivity index (χ3n) is 4.25. The summed E-state index contributed by atoms with van der Waals surface area (Å²) >= 11 is 0. The molecule has 2 heterocycles. The Hall–Kier alpha value is -2.34. The molecule has 122 valence electrons. The highest BCUT2D eigenvalue weighted by molar-refractivity contribution is 5.95. The summed E-state index contributed by atoms with van der Waals surface area (Å²) in [6.07, 6.45) is 1.80.